The lowest BCUT2D eigenvalue weighted by Gasteiger charge is -2.16. The van der Waals surface area contributed by atoms with Crippen molar-refractivity contribution < 1.29 is 3.79 Å². The zero-order chi connectivity index (χ0) is 6.53. The fourth-order valence-electron chi connectivity index (χ4n) is 1.18. The molecule has 1 fully saturated rings. The highest BCUT2D eigenvalue weighted by atomic mass is 27.2. The SMILES string of the molecule is C=C[CH2][Al]1[CH2]CCC[O]1.[AlH3]. The molecule has 1 heterocycles. The molecule has 0 aliphatic carbocycles. The molecule has 56 valence electrons. The number of allylic oxidation sites excluding steroid dienone is 1. The first kappa shape index (κ1) is 10.8. The molecule has 1 rings (SSSR count). The predicted molar refractivity (Wildman–Crippen MR) is 50.7 cm³/mol. The summed E-state index contributed by atoms with van der Waals surface area (Å²) in [7, 11) is 0. The highest BCUT2D eigenvalue weighted by molar-refractivity contribution is 6.52. The van der Waals surface area contributed by atoms with Gasteiger partial charge in [-0.2, -0.15) is 0 Å². The Hall–Kier alpha value is 0.765. The number of hydrogen-bond acceptors (Lipinski definition) is 1. The summed E-state index contributed by atoms with van der Waals surface area (Å²) in [4.78, 5) is 0. The van der Waals surface area contributed by atoms with E-state index in [2.05, 4.69) is 6.58 Å². The minimum Gasteiger partial charge on any atom is -0.500 e. The third-order valence-electron chi connectivity index (χ3n) is 1.70. The molecule has 0 radical (unpaired) electrons. The third-order valence-corrected chi connectivity index (χ3v) is 4.32. The largest absolute Gasteiger partial charge is 0.500 e. The normalized spacial score (nSPS) is 17.8. The highest BCUT2D eigenvalue weighted by Crippen LogP contribution is 2.13. The van der Waals surface area contributed by atoms with Crippen LogP contribution in [0.25, 0.3) is 0 Å². The molecular formula is C7H16Al2O. The van der Waals surface area contributed by atoms with Crippen molar-refractivity contribution in [3.05, 3.63) is 12.7 Å². The number of hydrogen-bond donors (Lipinski definition) is 0. The van der Waals surface area contributed by atoms with Gasteiger partial charge in [0.1, 0.15) is 0 Å². The molecule has 1 aliphatic rings. The first-order valence-electron chi connectivity index (χ1n) is 3.66. The Balaban J connectivity index is 0.000000810. The zero-order valence-corrected chi connectivity index (χ0v) is 6.96. The van der Waals surface area contributed by atoms with Crippen LogP contribution in [0.2, 0.25) is 10.6 Å². The van der Waals surface area contributed by atoms with Gasteiger partial charge in [-0.3, -0.25) is 0 Å². The predicted octanol–water partition coefficient (Wildman–Crippen LogP) is 0.790. The average molecular weight is 170 g/mol. The van der Waals surface area contributed by atoms with Crippen molar-refractivity contribution in [3.63, 3.8) is 0 Å². The van der Waals surface area contributed by atoms with Crippen molar-refractivity contribution in [1.82, 2.24) is 0 Å². The van der Waals surface area contributed by atoms with Crippen molar-refractivity contribution in [3.8, 4) is 0 Å². The molecular weight excluding hydrogens is 154 g/mol. The van der Waals surface area contributed by atoms with E-state index in [1.165, 1.54) is 23.4 Å². The lowest BCUT2D eigenvalue weighted by molar-refractivity contribution is 0.288. The van der Waals surface area contributed by atoms with Gasteiger partial charge in [-0.05, 0) is 6.42 Å². The van der Waals surface area contributed by atoms with E-state index in [-0.39, 0.29) is 17.4 Å². The maximum absolute atomic E-state index is 5.59. The molecule has 0 saturated carbocycles. The molecule has 0 bridgehead atoms. The summed E-state index contributed by atoms with van der Waals surface area (Å²) < 4.78 is 5.59. The molecule has 0 N–H and O–H groups in total. The van der Waals surface area contributed by atoms with Crippen molar-refractivity contribution in [1.29, 1.82) is 0 Å². The monoisotopic (exact) mass is 170 g/mol. The Kier molecular flexibility index (Phi) is 6.97. The summed E-state index contributed by atoms with van der Waals surface area (Å²) in [6.45, 7) is 4.73. The standard InChI is InChI=1S/C4H8O.C3H5.2Al.3H/c1-2-3-4-5;1-3-2;;;;;/h1-4H2;3H,1-2H2;;;;;/q-1;;;+1;;;. The van der Waals surface area contributed by atoms with Gasteiger partial charge in [-0.1, -0.05) is 17.0 Å². The summed E-state index contributed by atoms with van der Waals surface area (Å²) in [5, 5.41) is 2.53. The van der Waals surface area contributed by atoms with Gasteiger partial charge in [-0.25, -0.2) is 0 Å². The zero-order valence-electron chi connectivity index (χ0n) is 5.81. The van der Waals surface area contributed by atoms with Crippen LogP contribution in [0.3, 0.4) is 0 Å². The lowest BCUT2D eigenvalue weighted by atomic mass is 10.4. The molecule has 0 amide bonds. The van der Waals surface area contributed by atoms with E-state index < -0.39 is 14.5 Å². The molecule has 0 aromatic heterocycles. The molecule has 0 aromatic carbocycles. The summed E-state index contributed by atoms with van der Waals surface area (Å²) in [5.74, 6) is 0. The minimum absolute atomic E-state index is 0. The summed E-state index contributed by atoms with van der Waals surface area (Å²) in [6.07, 6.45) is 4.67. The van der Waals surface area contributed by atoms with E-state index in [0.717, 1.165) is 6.61 Å². The lowest BCUT2D eigenvalue weighted by Crippen LogP contribution is -2.21. The van der Waals surface area contributed by atoms with E-state index in [9.17, 15) is 0 Å². The molecule has 10 heavy (non-hydrogen) atoms. The topological polar surface area (TPSA) is 9.23 Å². The van der Waals surface area contributed by atoms with Gasteiger partial charge in [0.05, 0.1) is 0 Å². The van der Waals surface area contributed by atoms with Crippen LogP contribution in [0, 0.1) is 0 Å². The second kappa shape index (κ2) is 6.47. The smallest absolute Gasteiger partial charge is 0.464 e. The van der Waals surface area contributed by atoms with Crippen LogP contribution < -0.4 is 0 Å². The molecule has 1 aliphatic heterocycles. The van der Waals surface area contributed by atoms with Crippen LogP contribution in [0.1, 0.15) is 12.8 Å². The Morgan fingerprint density at radius 1 is 1.50 bits per heavy atom. The Morgan fingerprint density at radius 2 is 2.30 bits per heavy atom. The van der Waals surface area contributed by atoms with Crippen LogP contribution in [0.5, 0.6) is 0 Å². The first-order valence-corrected chi connectivity index (χ1v) is 5.76. The van der Waals surface area contributed by atoms with Crippen LogP contribution in [0.15, 0.2) is 12.7 Å². The molecule has 0 aromatic rings. The Labute approximate surface area is 78.3 Å². The van der Waals surface area contributed by atoms with Gasteiger partial charge in [0.25, 0.3) is 0 Å². The van der Waals surface area contributed by atoms with Crippen LogP contribution >= 0.6 is 0 Å². The van der Waals surface area contributed by atoms with Gasteiger partial charge in [0.2, 0.25) is 0 Å². The molecule has 0 atom stereocenters. The van der Waals surface area contributed by atoms with E-state index in [1.807, 2.05) is 6.08 Å². The fraction of sp³-hybridized carbons (Fsp3) is 0.714. The van der Waals surface area contributed by atoms with Crippen molar-refractivity contribution in [2.24, 2.45) is 0 Å². The van der Waals surface area contributed by atoms with E-state index in [0.29, 0.717) is 0 Å². The summed E-state index contributed by atoms with van der Waals surface area (Å²) >= 11 is -0.744. The highest BCUT2D eigenvalue weighted by Gasteiger charge is 2.20. The van der Waals surface area contributed by atoms with Crippen molar-refractivity contribution >= 4 is 31.8 Å². The molecule has 0 spiro atoms. The van der Waals surface area contributed by atoms with Crippen molar-refractivity contribution in [2.45, 2.75) is 23.4 Å². The average Bonchev–Trinajstić information content (AvgIpc) is 1.91. The molecule has 3 heteroatoms. The van der Waals surface area contributed by atoms with Crippen LogP contribution in [-0.2, 0) is 3.79 Å². The third kappa shape index (κ3) is 3.82. The van der Waals surface area contributed by atoms with Gasteiger partial charge >= 0.3 is 14.5 Å². The number of rotatable bonds is 2. The second-order valence-electron chi connectivity index (χ2n) is 2.51. The van der Waals surface area contributed by atoms with Gasteiger partial charge in [-0.15, -0.1) is 12.7 Å². The van der Waals surface area contributed by atoms with Gasteiger partial charge in [0, 0.05) is 6.61 Å². The fourth-order valence-corrected chi connectivity index (χ4v) is 3.33. The van der Waals surface area contributed by atoms with Gasteiger partial charge in [0.15, 0.2) is 17.4 Å². The molecule has 1 saturated heterocycles. The van der Waals surface area contributed by atoms with Crippen LogP contribution in [-0.4, -0.2) is 38.5 Å². The minimum atomic E-state index is -0.744. The second-order valence-corrected chi connectivity index (χ2v) is 5.14. The summed E-state index contributed by atoms with van der Waals surface area (Å²) in [5.41, 5.74) is 0. The Morgan fingerprint density at radius 3 is 2.80 bits per heavy atom. The van der Waals surface area contributed by atoms with Crippen LogP contribution in [0.4, 0.5) is 0 Å². The maximum atomic E-state index is 5.59. The van der Waals surface area contributed by atoms with E-state index in [4.69, 9.17) is 3.79 Å². The van der Waals surface area contributed by atoms with Crippen molar-refractivity contribution in [2.75, 3.05) is 6.61 Å². The maximum Gasteiger partial charge on any atom is 0.464 e. The Bertz CT molecular complexity index is 89.6. The quantitative estimate of drug-likeness (QED) is 0.440. The van der Waals surface area contributed by atoms with E-state index >= 15 is 0 Å². The van der Waals surface area contributed by atoms with E-state index in [1.54, 1.807) is 0 Å². The molecule has 1 nitrogen and oxygen atoms in total. The van der Waals surface area contributed by atoms with Gasteiger partial charge < -0.3 is 3.79 Å². The molecule has 0 unspecified atom stereocenters. The first-order chi connectivity index (χ1) is 4.43. The summed E-state index contributed by atoms with van der Waals surface area (Å²) in [6, 6.07) is 0.